The predicted octanol–water partition coefficient (Wildman–Crippen LogP) is 2.98. The van der Waals surface area contributed by atoms with Gasteiger partial charge in [-0.1, -0.05) is 18.2 Å². The van der Waals surface area contributed by atoms with Crippen LogP contribution in [0.25, 0.3) is 0 Å². The first-order valence-electron chi connectivity index (χ1n) is 7.65. The Morgan fingerprint density at radius 2 is 1.85 bits per heavy atom. The number of benzene rings is 1. The molecule has 11 heteroatoms. The monoisotopic (exact) mass is 400 g/mol. The van der Waals surface area contributed by atoms with Gasteiger partial charge in [0, 0.05) is 23.8 Å². The smallest absolute Gasteiger partial charge is 0.277 e. The van der Waals surface area contributed by atoms with E-state index in [0.29, 0.717) is 5.75 Å². The summed E-state index contributed by atoms with van der Waals surface area (Å²) < 4.78 is 37.5. The molecule has 0 atom stereocenters. The van der Waals surface area contributed by atoms with Crippen LogP contribution in [0, 0.1) is 0 Å². The molecule has 0 saturated heterocycles. The molecule has 0 aliphatic heterocycles. The molecule has 0 aliphatic carbocycles. The van der Waals surface area contributed by atoms with E-state index in [4.69, 9.17) is 4.74 Å². The predicted molar refractivity (Wildman–Crippen MR) is 98.6 cm³/mol. The molecule has 0 saturated carbocycles. The molecule has 1 N–H and O–H groups in total. The van der Waals surface area contributed by atoms with Gasteiger partial charge >= 0.3 is 0 Å². The average molecular weight is 400 g/mol. The summed E-state index contributed by atoms with van der Waals surface area (Å²) in [5.74, 6) is 0.649. The first kappa shape index (κ1) is 17.1. The largest absolute Gasteiger partial charge is 0.438 e. The number of rotatable bonds is 6. The van der Waals surface area contributed by atoms with Crippen LogP contribution in [0.15, 0.2) is 72.1 Å². The Labute approximate surface area is 158 Å². The Kier molecular flexibility index (Phi) is 4.52. The summed E-state index contributed by atoms with van der Waals surface area (Å²) in [5.41, 5.74) is 0. The number of hydrogen-bond acceptors (Lipinski definition) is 8. The summed E-state index contributed by atoms with van der Waals surface area (Å²) in [5, 5.41) is 6.63. The molecular formula is C16H12N6O3S2. The molecule has 4 rings (SSSR count). The molecule has 27 heavy (non-hydrogen) atoms. The second-order valence-electron chi connectivity index (χ2n) is 5.16. The lowest BCUT2D eigenvalue weighted by atomic mass is 10.3. The van der Waals surface area contributed by atoms with E-state index in [0.717, 1.165) is 15.8 Å². The summed E-state index contributed by atoms with van der Waals surface area (Å²) >= 11 is 0.937. The number of nitrogens with zero attached hydrogens (tertiary/aromatic N) is 5. The van der Waals surface area contributed by atoms with Crippen LogP contribution in [-0.2, 0) is 10.0 Å². The van der Waals surface area contributed by atoms with Crippen LogP contribution in [0.2, 0.25) is 0 Å². The van der Waals surface area contributed by atoms with Gasteiger partial charge in [-0.3, -0.25) is 5.10 Å². The number of ether oxygens (including phenoxy) is 1. The highest BCUT2D eigenvalue weighted by Gasteiger charge is 2.33. The van der Waals surface area contributed by atoms with Crippen LogP contribution >= 0.6 is 11.5 Å². The number of anilines is 2. The van der Waals surface area contributed by atoms with E-state index in [-0.39, 0.29) is 21.7 Å². The first-order valence-corrected chi connectivity index (χ1v) is 9.87. The maximum absolute atomic E-state index is 13.4. The maximum atomic E-state index is 13.4. The van der Waals surface area contributed by atoms with Crippen LogP contribution in [0.1, 0.15) is 0 Å². The molecule has 0 fully saturated rings. The van der Waals surface area contributed by atoms with E-state index >= 15 is 0 Å². The molecule has 9 nitrogen and oxygen atoms in total. The number of sulfonamides is 1. The van der Waals surface area contributed by atoms with Gasteiger partial charge in [-0.15, -0.1) is 0 Å². The minimum atomic E-state index is -4.12. The zero-order chi connectivity index (χ0) is 18.7. The summed E-state index contributed by atoms with van der Waals surface area (Å²) in [4.78, 5) is 8.01. The van der Waals surface area contributed by atoms with E-state index in [1.54, 1.807) is 24.3 Å². The minimum absolute atomic E-state index is 0.0438. The molecule has 0 bridgehead atoms. The minimum Gasteiger partial charge on any atom is -0.438 e. The van der Waals surface area contributed by atoms with Crippen molar-refractivity contribution >= 4 is 32.5 Å². The zero-order valence-corrected chi connectivity index (χ0v) is 15.3. The topological polar surface area (TPSA) is 114 Å². The lowest BCUT2D eigenvalue weighted by Gasteiger charge is -2.20. The standard InChI is InChI=1S/C16H12N6O3S2/c23-27(24,22(14-8-10-19-21-14)16-18-11-20-26-16)13-7-4-9-17-15(13)25-12-5-2-1-3-6-12/h1-11H,(H,19,21). The second kappa shape index (κ2) is 7.13. The summed E-state index contributed by atoms with van der Waals surface area (Å²) in [6.45, 7) is 0. The van der Waals surface area contributed by atoms with E-state index in [1.807, 2.05) is 6.07 Å². The van der Waals surface area contributed by atoms with Crippen molar-refractivity contribution in [3.63, 3.8) is 0 Å². The van der Waals surface area contributed by atoms with Crippen molar-refractivity contribution in [2.75, 3.05) is 4.31 Å². The summed E-state index contributed by atoms with van der Waals surface area (Å²) in [6.07, 6.45) is 4.19. The van der Waals surface area contributed by atoms with Crippen molar-refractivity contribution in [1.29, 1.82) is 0 Å². The van der Waals surface area contributed by atoms with Gasteiger partial charge in [-0.25, -0.2) is 18.4 Å². The molecule has 136 valence electrons. The molecule has 1 aromatic carbocycles. The van der Waals surface area contributed by atoms with Crippen LogP contribution in [0.4, 0.5) is 10.9 Å². The van der Waals surface area contributed by atoms with Crippen molar-refractivity contribution in [2.45, 2.75) is 4.90 Å². The van der Waals surface area contributed by atoms with Gasteiger partial charge in [-0.05, 0) is 24.3 Å². The number of aromatic amines is 1. The normalized spacial score (nSPS) is 11.3. The molecule has 0 amide bonds. The third-order valence-electron chi connectivity index (χ3n) is 3.44. The fraction of sp³-hybridized carbons (Fsp3) is 0. The summed E-state index contributed by atoms with van der Waals surface area (Å²) in [6, 6.07) is 13.3. The fourth-order valence-corrected chi connectivity index (χ4v) is 4.53. The lowest BCUT2D eigenvalue weighted by Crippen LogP contribution is -2.27. The molecule has 0 spiro atoms. The zero-order valence-electron chi connectivity index (χ0n) is 13.6. The van der Waals surface area contributed by atoms with Gasteiger partial charge < -0.3 is 4.74 Å². The fourth-order valence-electron chi connectivity index (χ4n) is 2.30. The Morgan fingerprint density at radius 3 is 2.56 bits per heavy atom. The van der Waals surface area contributed by atoms with Crippen LogP contribution in [0.5, 0.6) is 11.6 Å². The number of hydrogen-bond donors (Lipinski definition) is 1. The Hall–Kier alpha value is -3.31. The number of pyridine rings is 1. The van der Waals surface area contributed by atoms with Gasteiger partial charge in [0.25, 0.3) is 10.0 Å². The number of nitrogens with one attached hydrogen (secondary N) is 1. The highest BCUT2D eigenvalue weighted by Crippen LogP contribution is 2.35. The maximum Gasteiger partial charge on any atom is 0.277 e. The lowest BCUT2D eigenvalue weighted by molar-refractivity contribution is 0.447. The van der Waals surface area contributed by atoms with E-state index in [1.165, 1.54) is 36.9 Å². The first-order chi connectivity index (χ1) is 13.2. The van der Waals surface area contributed by atoms with Crippen molar-refractivity contribution in [2.24, 2.45) is 0 Å². The number of H-pyrrole nitrogens is 1. The third-order valence-corrected chi connectivity index (χ3v) is 5.92. The highest BCUT2D eigenvalue weighted by atomic mass is 32.2. The van der Waals surface area contributed by atoms with Gasteiger partial charge in [0.05, 0.1) is 6.20 Å². The second-order valence-corrected chi connectivity index (χ2v) is 7.67. The van der Waals surface area contributed by atoms with Crippen molar-refractivity contribution in [1.82, 2.24) is 24.5 Å². The molecule has 3 aromatic heterocycles. The average Bonchev–Trinajstić information content (AvgIpc) is 3.38. The summed E-state index contributed by atoms with van der Waals surface area (Å²) in [7, 11) is -4.12. The van der Waals surface area contributed by atoms with E-state index in [9.17, 15) is 8.42 Å². The van der Waals surface area contributed by atoms with Gasteiger partial charge in [0.15, 0.2) is 4.90 Å². The van der Waals surface area contributed by atoms with Crippen molar-refractivity contribution in [3.8, 4) is 11.6 Å². The van der Waals surface area contributed by atoms with Gasteiger partial charge in [-0.2, -0.15) is 13.8 Å². The molecule has 4 aromatic rings. The quantitative estimate of drug-likeness (QED) is 0.529. The van der Waals surface area contributed by atoms with Crippen LogP contribution < -0.4 is 9.04 Å². The third kappa shape index (κ3) is 3.37. The van der Waals surface area contributed by atoms with Crippen molar-refractivity contribution < 1.29 is 13.2 Å². The molecular weight excluding hydrogens is 388 g/mol. The van der Waals surface area contributed by atoms with Crippen LogP contribution in [0.3, 0.4) is 0 Å². The Bertz CT molecular complexity index is 1080. The molecule has 3 heterocycles. The van der Waals surface area contributed by atoms with Gasteiger partial charge in [0.1, 0.15) is 17.9 Å². The van der Waals surface area contributed by atoms with E-state index < -0.39 is 10.0 Å². The highest BCUT2D eigenvalue weighted by molar-refractivity contribution is 7.93. The molecule has 0 aliphatic rings. The van der Waals surface area contributed by atoms with Crippen LogP contribution in [-0.4, -0.2) is 33.0 Å². The van der Waals surface area contributed by atoms with E-state index in [2.05, 4.69) is 24.5 Å². The van der Waals surface area contributed by atoms with Gasteiger partial charge in [0.2, 0.25) is 11.0 Å². The van der Waals surface area contributed by atoms with Crippen molar-refractivity contribution in [3.05, 3.63) is 67.3 Å². The number of aromatic nitrogens is 5. The molecule has 0 radical (unpaired) electrons. The number of para-hydroxylation sites is 1. The SMILES string of the molecule is O=S(=O)(c1cccnc1Oc1ccccc1)N(c1ccn[nH]1)c1ncns1. The molecule has 0 unspecified atom stereocenters. The Morgan fingerprint density at radius 1 is 1.00 bits per heavy atom. The Balaban J connectivity index is 1.82.